The van der Waals surface area contributed by atoms with E-state index >= 15 is 0 Å². The molecule has 2 amide bonds. The van der Waals surface area contributed by atoms with Crippen molar-refractivity contribution in [3.63, 3.8) is 0 Å². The second-order valence-corrected chi connectivity index (χ2v) is 6.69. The lowest BCUT2D eigenvalue weighted by atomic mass is 10.1. The van der Waals surface area contributed by atoms with Crippen LogP contribution in [0.4, 0.5) is 0 Å². The molecule has 1 fully saturated rings. The minimum absolute atomic E-state index is 0.101. The highest BCUT2D eigenvalue weighted by Gasteiger charge is 2.25. The molecule has 0 atom stereocenters. The molecular weight excluding hydrogens is 368 g/mol. The molecule has 1 aliphatic rings. The molecule has 27 heavy (non-hydrogen) atoms. The first-order valence-corrected chi connectivity index (χ1v) is 9.60. The van der Waals surface area contributed by atoms with E-state index in [1.54, 1.807) is 12.1 Å². The van der Waals surface area contributed by atoms with Crippen LogP contribution >= 0.6 is 11.6 Å². The van der Waals surface area contributed by atoms with E-state index in [0.717, 1.165) is 12.3 Å². The summed E-state index contributed by atoms with van der Waals surface area (Å²) in [5.74, 6) is 1.28. The molecule has 1 heterocycles. The van der Waals surface area contributed by atoms with Crippen molar-refractivity contribution in [1.29, 1.82) is 0 Å². The lowest BCUT2D eigenvalue weighted by molar-refractivity contribution is -0.147. The van der Waals surface area contributed by atoms with Crippen LogP contribution in [0.3, 0.4) is 0 Å². The highest BCUT2D eigenvalue weighted by molar-refractivity contribution is 6.30. The maximum Gasteiger partial charge on any atom is 0.229 e. The van der Waals surface area contributed by atoms with Crippen molar-refractivity contribution in [3.05, 3.63) is 29.3 Å². The van der Waals surface area contributed by atoms with Crippen LogP contribution in [-0.4, -0.2) is 67.4 Å². The standard InChI is InChI=1S/C19H27ClN4O3/c1-3-21-19(22-11-12-24-17(25)5-4-6-18(24)26)23(2)13-14-27-16-9-7-15(20)8-10-16/h7-10H,3-6,11-14H2,1-2H3,(H,21,22). The molecule has 1 N–H and O–H groups in total. The number of likely N-dealkylation sites (tertiary alicyclic amines) is 1. The van der Waals surface area contributed by atoms with Crippen LogP contribution in [0.5, 0.6) is 5.75 Å². The van der Waals surface area contributed by atoms with E-state index in [-0.39, 0.29) is 11.8 Å². The number of carbonyl (C=O) groups excluding carboxylic acids is 2. The number of amides is 2. The van der Waals surface area contributed by atoms with Gasteiger partial charge in [-0.2, -0.15) is 0 Å². The van der Waals surface area contributed by atoms with Gasteiger partial charge < -0.3 is 15.0 Å². The Kier molecular flexibility index (Phi) is 8.39. The Morgan fingerprint density at radius 2 is 1.93 bits per heavy atom. The first-order chi connectivity index (χ1) is 13.0. The Morgan fingerprint density at radius 3 is 2.56 bits per heavy atom. The lowest BCUT2D eigenvalue weighted by Gasteiger charge is -2.25. The third-order valence-corrected chi connectivity index (χ3v) is 4.43. The number of hydrogen-bond donors (Lipinski definition) is 1. The molecule has 0 saturated carbocycles. The number of ether oxygens (including phenoxy) is 1. The number of rotatable bonds is 8. The second kappa shape index (κ2) is 10.8. The van der Waals surface area contributed by atoms with Crippen LogP contribution in [0.2, 0.25) is 5.02 Å². The van der Waals surface area contributed by atoms with Crippen LogP contribution in [0.15, 0.2) is 29.3 Å². The monoisotopic (exact) mass is 394 g/mol. The molecule has 0 unspecified atom stereocenters. The zero-order valence-corrected chi connectivity index (χ0v) is 16.7. The molecule has 1 saturated heterocycles. The topological polar surface area (TPSA) is 74.2 Å². The molecule has 8 heteroatoms. The number of imide groups is 1. The number of halogens is 1. The number of likely N-dealkylation sites (N-methyl/N-ethyl adjacent to an activating group) is 1. The average molecular weight is 395 g/mol. The highest BCUT2D eigenvalue weighted by atomic mass is 35.5. The Balaban J connectivity index is 1.82. The molecule has 0 radical (unpaired) electrons. The molecule has 2 rings (SSSR count). The van der Waals surface area contributed by atoms with Gasteiger partial charge in [-0.25, -0.2) is 0 Å². The van der Waals surface area contributed by atoms with Crippen LogP contribution < -0.4 is 10.1 Å². The predicted molar refractivity (Wildman–Crippen MR) is 106 cm³/mol. The summed E-state index contributed by atoms with van der Waals surface area (Å²) >= 11 is 5.86. The fourth-order valence-electron chi connectivity index (χ4n) is 2.71. The van der Waals surface area contributed by atoms with E-state index in [1.807, 2.05) is 31.0 Å². The van der Waals surface area contributed by atoms with Crippen LogP contribution in [0, 0.1) is 0 Å². The number of nitrogens with zero attached hydrogens (tertiary/aromatic N) is 3. The Hall–Kier alpha value is -2.28. The summed E-state index contributed by atoms with van der Waals surface area (Å²) in [7, 11) is 1.92. The van der Waals surface area contributed by atoms with E-state index < -0.39 is 0 Å². The van der Waals surface area contributed by atoms with Gasteiger partial charge in [-0.15, -0.1) is 0 Å². The number of carbonyl (C=O) groups is 2. The Morgan fingerprint density at radius 1 is 1.26 bits per heavy atom. The largest absolute Gasteiger partial charge is 0.492 e. The van der Waals surface area contributed by atoms with Gasteiger partial charge in [0.05, 0.1) is 13.1 Å². The van der Waals surface area contributed by atoms with Crippen LogP contribution in [0.25, 0.3) is 0 Å². The van der Waals surface area contributed by atoms with Gasteiger partial charge in [-0.1, -0.05) is 11.6 Å². The van der Waals surface area contributed by atoms with Gasteiger partial charge >= 0.3 is 0 Å². The van der Waals surface area contributed by atoms with Crippen LogP contribution in [-0.2, 0) is 9.59 Å². The van der Waals surface area contributed by atoms with Gasteiger partial charge in [0.15, 0.2) is 5.96 Å². The first kappa shape index (κ1) is 21.0. The number of hydrogen-bond acceptors (Lipinski definition) is 4. The summed E-state index contributed by atoms with van der Waals surface area (Å²) in [5, 5.41) is 3.89. The van der Waals surface area contributed by atoms with E-state index in [1.165, 1.54) is 4.90 Å². The fourth-order valence-corrected chi connectivity index (χ4v) is 2.84. The molecule has 0 aromatic heterocycles. The minimum atomic E-state index is -0.101. The average Bonchev–Trinajstić information content (AvgIpc) is 2.64. The SMILES string of the molecule is CCNC(=NCCN1C(=O)CCCC1=O)N(C)CCOc1ccc(Cl)cc1. The summed E-state index contributed by atoms with van der Waals surface area (Å²) in [6, 6.07) is 7.23. The number of benzene rings is 1. The van der Waals surface area contributed by atoms with E-state index in [2.05, 4.69) is 10.3 Å². The van der Waals surface area contributed by atoms with Crippen molar-refractivity contribution in [3.8, 4) is 5.75 Å². The minimum Gasteiger partial charge on any atom is -0.492 e. The smallest absolute Gasteiger partial charge is 0.229 e. The normalized spacial score (nSPS) is 15.1. The van der Waals surface area contributed by atoms with Crippen molar-refractivity contribution in [1.82, 2.24) is 15.1 Å². The van der Waals surface area contributed by atoms with E-state index in [0.29, 0.717) is 56.5 Å². The van der Waals surface area contributed by atoms with Crippen molar-refractivity contribution in [2.45, 2.75) is 26.2 Å². The van der Waals surface area contributed by atoms with E-state index in [9.17, 15) is 9.59 Å². The first-order valence-electron chi connectivity index (χ1n) is 9.22. The quantitative estimate of drug-likeness (QED) is 0.415. The Labute approximate surface area is 165 Å². The zero-order chi connectivity index (χ0) is 19.6. The third kappa shape index (κ3) is 6.75. The van der Waals surface area contributed by atoms with Crippen molar-refractivity contribution >= 4 is 29.4 Å². The number of aliphatic imine (C=N–C) groups is 1. The molecule has 0 spiro atoms. The third-order valence-electron chi connectivity index (χ3n) is 4.17. The molecule has 148 valence electrons. The second-order valence-electron chi connectivity index (χ2n) is 6.25. The lowest BCUT2D eigenvalue weighted by Crippen LogP contribution is -2.43. The highest BCUT2D eigenvalue weighted by Crippen LogP contribution is 2.15. The molecule has 0 bridgehead atoms. The summed E-state index contributed by atoms with van der Waals surface area (Å²) in [6.45, 7) is 4.54. The summed E-state index contributed by atoms with van der Waals surface area (Å²) < 4.78 is 5.71. The fraction of sp³-hybridized carbons (Fsp3) is 0.526. The number of piperidine rings is 1. The van der Waals surface area contributed by atoms with Gasteiger partial charge in [0.2, 0.25) is 11.8 Å². The van der Waals surface area contributed by atoms with Crippen LogP contribution in [0.1, 0.15) is 26.2 Å². The Bertz CT molecular complexity index is 647. The molecule has 0 aliphatic carbocycles. The molecule has 1 aliphatic heterocycles. The van der Waals surface area contributed by atoms with Gasteiger partial charge in [0.25, 0.3) is 0 Å². The van der Waals surface area contributed by atoms with Crippen molar-refractivity contribution < 1.29 is 14.3 Å². The molecule has 1 aromatic carbocycles. The maximum atomic E-state index is 11.8. The molecule has 7 nitrogen and oxygen atoms in total. The van der Waals surface area contributed by atoms with Gasteiger partial charge in [-0.05, 0) is 37.6 Å². The van der Waals surface area contributed by atoms with Crippen molar-refractivity contribution in [2.75, 3.05) is 39.8 Å². The zero-order valence-electron chi connectivity index (χ0n) is 15.9. The predicted octanol–water partition coefficient (Wildman–Crippen LogP) is 2.16. The van der Waals surface area contributed by atoms with Gasteiger partial charge in [0, 0.05) is 38.0 Å². The maximum absolute atomic E-state index is 11.8. The summed E-state index contributed by atoms with van der Waals surface area (Å²) in [6.07, 6.45) is 1.53. The van der Waals surface area contributed by atoms with Gasteiger partial charge in [-0.3, -0.25) is 19.5 Å². The summed E-state index contributed by atoms with van der Waals surface area (Å²) in [4.78, 5) is 31.5. The van der Waals surface area contributed by atoms with Gasteiger partial charge in [0.1, 0.15) is 12.4 Å². The van der Waals surface area contributed by atoms with E-state index in [4.69, 9.17) is 16.3 Å². The molecular formula is C19H27ClN4O3. The van der Waals surface area contributed by atoms with Crippen molar-refractivity contribution in [2.24, 2.45) is 4.99 Å². The number of guanidine groups is 1. The number of nitrogens with one attached hydrogen (secondary N) is 1. The summed E-state index contributed by atoms with van der Waals surface area (Å²) in [5.41, 5.74) is 0. The molecule has 1 aromatic rings.